The van der Waals surface area contributed by atoms with Gasteiger partial charge in [-0.2, -0.15) is 0 Å². The van der Waals surface area contributed by atoms with E-state index in [1.807, 2.05) is 0 Å². The molecule has 0 aromatic carbocycles. The summed E-state index contributed by atoms with van der Waals surface area (Å²) in [4.78, 5) is 21.7. The number of carboxylic acid groups (broad SMARTS) is 1. The van der Waals surface area contributed by atoms with Crippen LogP contribution >= 0.6 is 0 Å². The zero-order chi connectivity index (χ0) is 12.7. The summed E-state index contributed by atoms with van der Waals surface area (Å²) < 4.78 is 0. The summed E-state index contributed by atoms with van der Waals surface area (Å²) in [6.45, 7) is 0.829. The van der Waals surface area contributed by atoms with E-state index in [2.05, 4.69) is 10.6 Å². The van der Waals surface area contributed by atoms with Crippen LogP contribution in [0.5, 0.6) is 0 Å². The number of amides is 1. The lowest BCUT2D eigenvalue weighted by atomic mass is 9.86. The van der Waals surface area contributed by atoms with Crippen LogP contribution in [-0.4, -0.2) is 36.6 Å². The van der Waals surface area contributed by atoms with Crippen LogP contribution in [0.3, 0.4) is 0 Å². The first-order chi connectivity index (χ1) is 8.13. The average molecular weight is 242 g/mol. The average Bonchev–Trinajstić information content (AvgIpc) is 2.34. The van der Waals surface area contributed by atoms with Crippen LogP contribution in [0.4, 0.5) is 0 Å². The minimum Gasteiger partial charge on any atom is -0.481 e. The van der Waals surface area contributed by atoms with E-state index in [-0.39, 0.29) is 11.8 Å². The Morgan fingerprint density at radius 2 is 1.88 bits per heavy atom. The van der Waals surface area contributed by atoms with Crippen molar-refractivity contribution in [2.45, 2.75) is 44.6 Å². The molecule has 5 nitrogen and oxygen atoms in total. The highest BCUT2D eigenvalue weighted by Gasteiger charge is 2.25. The highest BCUT2D eigenvalue weighted by molar-refractivity contribution is 5.75. The molecule has 0 bridgehead atoms. The van der Waals surface area contributed by atoms with Gasteiger partial charge in [0.25, 0.3) is 0 Å². The van der Waals surface area contributed by atoms with E-state index in [1.54, 1.807) is 7.05 Å². The summed E-state index contributed by atoms with van der Waals surface area (Å²) >= 11 is 0. The highest BCUT2D eigenvalue weighted by Crippen LogP contribution is 2.24. The topological polar surface area (TPSA) is 78.4 Å². The van der Waals surface area contributed by atoms with Gasteiger partial charge in [-0.1, -0.05) is 0 Å². The molecule has 0 aromatic rings. The van der Waals surface area contributed by atoms with Gasteiger partial charge in [-0.3, -0.25) is 9.59 Å². The predicted octanol–water partition coefficient (Wildman–Crippen LogP) is 0.746. The van der Waals surface area contributed by atoms with Crippen molar-refractivity contribution >= 4 is 11.9 Å². The number of hydrogen-bond donors (Lipinski definition) is 3. The summed E-state index contributed by atoms with van der Waals surface area (Å²) in [6.07, 6.45) is 4.77. The van der Waals surface area contributed by atoms with Gasteiger partial charge in [-0.15, -0.1) is 0 Å². The van der Waals surface area contributed by atoms with Gasteiger partial charge in [0.1, 0.15) is 0 Å². The standard InChI is InChI=1S/C12H22N2O3/c1-13-11(15)3-2-8-14-10-6-4-9(5-7-10)12(16)17/h9-10,14H,2-8H2,1H3,(H,13,15)(H,16,17). The lowest BCUT2D eigenvalue weighted by Gasteiger charge is -2.26. The van der Waals surface area contributed by atoms with Gasteiger partial charge in [-0.05, 0) is 38.6 Å². The van der Waals surface area contributed by atoms with Gasteiger partial charge in [-0.25, -0.2) is 0 Å². The van der Waals surface area contributed by atoms with Crippen molar-refractivity contribution in [1.82, 2.24) is 10.6 Å². The molecule has 1 amide bonds. The Morgan fingerprint density at radius 1 is 1.24 bits per heavy atom. The zero-order valence-corrected chi connectivity index (χ0v) is 10.4. The van der Waals surface area contributed by atoms with Crippen LogP contribution < -0.4 is 10.6 Å². The first-order valence-electron chi connectivity index (χ1n) is 6.30. The molecule has 3 N–H and O–H groups in total. The lowest BCUT2D eigenvalue weighted by Crippen LogP contribution is -2.35. The quantitative estimate of drug-likeness (QED) is 0.600. The monoisotopic (exact) mass is 242 g/mol. The van der Waals surface area contributed by atoms with E-state index in [4.69, 9.17) is 5.11 Å². The molecular weight excluding hydrogens is 220 g/mol. The molecular formula is C12H22N2O3. The van der Waals surface area contributed by atoms with Crippen LogP contribution in [-0.2, 0) is 9.59 Å². The van der Waals surface area contributed by atoms with E-state index >= 15 is 0 Å². The molecule has 1 fully saturated rings. The normalized spacial score (nSPS) is 24.3. The van der Waals surface area contributed by atoms with Crippen LogP contribution in [0.2, 0.25) is 0 Å². The second-order valence-corrected chi connectivity index (χ2v) is 4.62. The van der Waals surface area contributed by atoms with E-state index in [0.29, 0.717) is 12.5 Å². The molecule has 0 saturated heterocycles. The van der Waals surface area contributed by atoms with E-state index < -0.39 is 5.97 Å². The summed E-state index contributed by atoms with van der Waals surface area (Å²) in [5.74, 6) is -0.747. The Hall–Kier alpha value is -1.10. The second kappa shape index (κ2) is 7.27. The molecule has 0 unspecified atom stereocenters. The van der Waals surface area contributed by atoms with Gasteiger partial charge in [0, 0.05) is 19.5 Å². The fraction of sp³-hybridized carbons (Fsp3) is 0.833. The fourth-order valence-electron chi connectivity index (χ4n) is 2.22. The number of hydrogen-bond acceptors (Lipinski definition) is 3. The molecule has 0 radical (unpaired) electrons. The third-order valence-corrected chi connectivity index (χ3v) is 3.37. The largest absolute Gasteiger partial charge is 0.481 e. The molecule has 0 spiro atoms. The van der Waals surface area contributed by atoms with Gasteiger partial charge < -0.3 is 15.7 Å². The zero-order valence-electron chi connectivity index (χ0n) is 10.4. The van der Waals surface area contributed by atoms with Crippen LogP contribution in [0.1, 0.15) is 38.5 Å². The fourth-order valence-corrected chi connectivity index (χ4v) is 2.22. The smallest absolute Gasteiger partial charge is 0.306 e. The predicted molar refractivity (Wildman–Crippen MR) is 64.7 cm³/mol. The second-order valence-electron chi connectivity index (χ2n) is 4.62. The number of rotatable bonds is 6. The van der Waals surface area contributed by atoms with Crippen molar-refractivity contribution in [1.29, 1.82) is 0 Å². The Kier molecular flexibility index (Phi) is 5.97. The number of carbonyl (C=O) groups excluding carboxylic acids is 1. The van der Waals surface area contributed by atoms with Crippen molar-refractivity contribution in [3.8, 4) is 0 Å². The minimum atomic E-state index is -0.664. The maximum atomic E-state index is 11.0. The SMILES string of the molecule is CNC(=O)CCCNC1CCC(C(=O)O)CC1. The summed E-state index contributed by atoms with van der Waals surface area (Å²) in [7, 11) is 1.64. The summed E-state index contributed by atoms with van der Waals surface area (Å²) in [5, 5.41) is 14.8. The maximum Gasteiger partial charge on any atom is 0.306 e. The van der Waals surface area contributed by atoms with Gasteiger partial charge in [0.05, 0.1) is 5.92 Å². The van der Waals surface area contributed by atoms with Gasteiger partial charge >= 0.3 is 5.97 Å². The van der Waals surface area contributed by atoms with Gasteiger partial charge in [0.15, 0.2) is 0 Å². The lowest BCUT2D eigenvalue weighted by molar-refractivity contribution is -0.142. The van der Waals surface area contributed by atoms with Crippen molar-refractivity contribution in [3.63, 3.8) is 0 Å². The number of aliphatic carboxylic acids is 1. The molecule has 1 saturated carbocycles. The van der Waals surface area contributed by atoms with Crippen molar-refractivity contribution in [3.05, 3.63) is 0 Å². The first kappa shape index (κ1) is 14.0. The molecule has 1 aliphatic carbocycles. The van der Waals surface area contributed by atoms with Crippen LogP contribution in [0.25, 0.3) is 0 Å². The summed E-state index contributed by atoms with van der Waals surface area (Å²) in [6, 6.07) is 0.426. The van der Waals surface area contributed by atoms with Crippen molar-refractivity contribution in [2.24, 2.45) is 5.92 Å². The van der Waals surface area contributed by atoms with E-state index in [0.717, 1.165) is 38.6 Å². The maximum absolute atomic E-state index is 11.0. The Bertz CT molecular complexity index is 260. The van der Waals surface area contributed by atoms with E-state index in [1.165, 1.54) is 0 Å². The summed E-state index contributed by atoms with van der Waals surface area (Å²) in [5.41, 5.74) is 0. The van der Waals surface area contributed by atoms with Crippen LogP contribution in [0.15, 0.2) is 0 Å². The van der Waals surface area contributed by atoms with Gasteiger partial charge in [0.2, 0.25) is 5.91 Å². The Labute approximate surface area is 102 Å². The Morgan fingerprint density at radius 3 is 2.41 bits per heavy atom. The van der Waals surface area contributed by atoms with E-state index in [9.17, 15) is 9.59 Å². The Balaban J connectivity index is 2.06. The van der Waals surface area contributed by atoms with Crippen molar-refractivity contribution in [2.75, 3.05) is 13.6 Å². The highest BCUT2D eigenvalue weighted by atomic mass is 16.4. The number of nitrogens with one attached hydrogen (secondary N) is 2. The molecule has 0 atom stereocenters. The number of carbonyl (C=O) groups is 2. The first-order valence-corrected chi connectivity index (χ1v) is 6.30. The van der Waals surface area contributed by atoms with Crippen LogP contribution in [0, 0.1) is 5.92 Å². The van der Waals surface area contributed by atoms with Crippen molar-refractivity contribution < 1.29 is 14.7 Å². The third kappa shape index (κ3) is 5.17. The molecule has 1 aliphatic rings. The molecule has 0 aliphatic heterocycles. The molecule has 0 heterocycles. The molecule has 17 heavy (non-hydrogen) atoms. The molecule has 0 aromatic heterocycles. The molecule has 5 heteroatoms. The molecule has 1 rings (SSSR count). The third-order valence-electron chi connectivity index (χ3n) is 3.37. The number of carboxylic acids is 1. The molecule has 98 valence electrons. The minimum absolute atomic E-state index is 0.0707.